The van der Waals surface area contributed by atoms with Gasteiger partial charge in [0, 0.05) is 11.4 Å². The van der Waals surface area contributed by atoms with Crippen LogP contribution in [0, 0.1) is 13.8 Å². The number of aryl methyl sites for hydroxylation is 2. The molecule has 2 heteroatoms. The third-order valence-corrected chi connectivity index (χ3v) is 20.3. The van der Waals surface area contributed by atoms with Gasteiger partial charge in [-0.15, -0.1) is 0 Å². The van der Waals surface area contributed by atoms with Gasteiger partial charge in [-0.25, -0.2) is 0 Å². The minimum absolute atomic E-state index is 1.13. The third kappa shape index (κ3) is 6.52. The van der Waals surface area contributed by atoms with Gasteiger partial charge in [-0.05, 0) is 38.1 Å². The van der Waals surface area contributed by atoms with E-state index < -0.39 is 13.3 Å². The van der Waals surface area contributed by atoms with Crippen LogP contribution >= 0.6 is 0 Å². The Morgan fingerprint density at radius 2 is 0.519 bits per heavy atom. The molecule has 8 aromatic carbocycles. The van der Waals surface area contributed by atoms with Crippen LogP contribution in [0.3, 0.4) is 0 Å². The standard InChI is InChI=1S/C50H41GeN/c1-38-18-32-48(33-19-38)52(49-34-20-39(2)21-35-49)50-36-28-43(29-37-50)41-24-22-40(23-25-41)42-26-30-47(31-27-42)51(44-12-6-3-7-13-44,45-14-8-4-9-15-45)46-16-10-5-11-17-46/h3-37H,1-2H3. The Hall–Kier alpha value is -5.90. The maximum Gasteiger partial charge on any atom is -0.0378 e. The van der Waals surface area contributed by atoms with Gasteiger partial charge in [-0.1, -0.05) is 35.4 Å². The second-order valence-corrected chi connectivity index (χ2v) is 21.5. The second-order valence-electron chi connectivity index (χ2n) is 13.6. The Bertz CT molecular complexity index is 2210. The molecule has 0 unspecified atom stereocenters. The van der Waals surface area contributed by atoms with Crippen LogP contribution in [0.1, 0.15) is 11.1 Å². The molecule has 0 atom stereocenters. The molecule has 0 saturated carbocycles. The van der Waals surface area contributed by atoms with E-state index in [9.17, 15) is 0 Å². The van der Waals surface area contributed by atoms with Crippen LogP contribution in [-0.2, 0) is 0 Å². The van der Waals surface area contributed by atoms with Crippen LogP contribution < -0.4 is 22.5 Å². The number of benzene rings is 8. The van der Waals surface area contributed by atoms with Crippen LogP contribution in [0.5, 0.6) is 0 Å². The molecule has 0 spiro atoms. The van der Waals surface area contributed by atoms with Crippen molar-refractivity contribution in [3.05, 3.63) is 223 Å². The predicted octanol–water partition coefficient (Wildman–Crippen LogP) is 10.5. The number of hydrogen-bond acceptors (Lipinski definition) is 1. The van der Waals surface area contributed by atoms with Crippen LogP contribution in [0.15, 0.2) is 212 Å². The summed E-state index contributed by atoms with van der Waals surface area (Å²) in [6.07, 6.45) is 0. The van der Waals surface area contributed by atoms with Crippen molar-refractivity contribution in [2.24, 2.45) is 0 Å². The molecule has 0 aliphatic heterocycles. The van der Waals surface area contributed by atoms with E-state index in [1.54, 1.807) is 0 Å². The second kappa shape index (κ2) is 14.8. The molecule has 0 radical (unpaired) electrons. The summed E-state index contributed by atoms with van der Waals surface area (Å²) in [5.74, 6) is 0. The summed E-state index contributed by atoms with van der Waals surface area (Å²) in [7, 11) is 0. The van der Waals surface area contributed by atoms with Crippen LogP contribution in [0.2, 0.25) is 0 Å². The SMILES string of the molecule is Cc1ccc(N(c2ccc(C)cc2)c2ccc(-c3ccc(-c4cc[c]([Ge]([c]5ccccc5)([c]5ccccc5)[c]5ccccc5)cc4)cc3)cc2)cc1. The average molecular weight is 728 g/mol. The summed E-state index contributed by atoms with van der Waals surface area (Å²) in [5.41, 5.74) is 10.8. The zero-order valence-corrected chi connectivity index (χ0v) is 31.8. The van der Waals surface area contributed by atoms with Crippen LogP contribution in [0.4, 0.5) is 17.1 Å². The molecule has 0 aliphatic rings. The molecule has 250 valence electrons. The van der Waals surface area contributed by atoms with Gasteiger partial charge in [0.15, 0.2) is 0 Å². The molecule has 0 N–H and O–H groups in total. The first-order valence-electron chi connectivity index (χ1n) is 18.0. The van der Waals surface area contributed by atoms with Gasteiger partial charge in [-0.3, -0.25) is 0 Å². The molecule has 0 heterocycles. The molecule has 0 saturated heterocycles. The number of rotatable bonds is 9. The largest absolute Gasteiger partial charge is 0.0572 e. The Labute approximate surface area is 310 Å². The van der Waals surface area contributed by atoms with Crippen molar-refractivity contribution in [2.75, 3.05) is 4.90 Å². The summed E-state index contributed by atoms with van der Waals surface area (Å²) in [6, 6.07) is 78.3. The summed E-state index contributed by atoms with van der Waals surface area (Å²) in [6.45, 7) is 4.26. The van der Waals surface area contributed by atoms with Gasteiger partial charge in [0.1, 0.15) is 0 Å². The molecular formula is C50H41GeN. The molecule has 8 aromatic rings. The third-order valence-electron chi connectivity index (χ3n) is 10.2. The Morgan fingerprint density at radius 3 is 0.846 bits per heavy atom. The smallest absolute Gasteiger partial charge is 0.0378 e. The van der Waals surface area contributed by atoms with Crippen LogP contribution in [0.25, 0.3) is 22.3 Å². The monoisotopic (exact) mass is 729 g/mol. The summed E-state index contributed by atoms with van der Waals surface area (Å²) >= 11 is -3.27. The minimum atomic E-state index is -3.27. The van der Waals surface area contributed by atoms with E-state index in [-0.39, 0.29) is 0 Å². The first-order chi connectivity index (χ1) is 25.6. The van der Waals surface area contributed by atoms with Crippen molar-refractivity contribution in [2.45, 2.75) is 13.8 Å². The van der Waals surface area contributed by atoms with Crippen LogP contribution in [-0.4, -0.2) is 13.3 Å². The molecular weight excluding hydrogens is 687 g/mol. The van der Waals surface area contributed by atoms with Crippen molar-refractivity contribution in [1.29, 1.82) is 0 Å². The van der Waals surface area contributed by atoms with Gasteiger partial charge in [-0.2, -0.15) is 0 Å². The number of hydrogen-bond donors (Lipinski definition) is 0. The summed E-state index contributed by atoms with van der Waals surface area (Å²) < 4.78 is 5.73. The molecule has 0 aromatic heterocycles. The maximum absolute atomic E-state index is 3.27. The Morgan fingerprint density at radius 1 is 0.269 bits per heavy atom. The first-order valence-corrected chi connectivity index (χ1v) is 22.2. The maximum atomic E-state index is 2.39. The van der Waals surface area contributed by atoms with Crippen molar-refractivity contribution in [3.63, 3.8) is 0 Å². The predicted molar refractivity (Wildman–Crippen MR) is 225 cm³/mol. The van der Waals surface area contributed by atoms with Gasteiger partial charge >= 0.3 is 223 Å². The molecule has 0 amide bonds. The van der Waals surface area contributed by atoms with E-state index >= 15 is 0 Å². The molecule has 0 fully saturated rings. The quantitative estimate of drug-likeness (QED) is 0.134. The van der Waals surface area contributed by atoms with Gasteiger partial charge in [0.05, 0.1) is 0 Å². The molecule has 8 rings (SSSR count). The molecule has 1 nitrogen and oxygen atoms in total. The fourth-order valence-electron chi connectivity index (χ4n) is 7.47. The fraction of sp³-hybridized carbons (Fsp3) is 0.0400. The van der Waals surface area contributed by atoms with Gasteiger partial charge in [0.25, 0.3) is 0 Å². The fourth-order valence-corrected chi connectivity index (χ4v) is 17.4. The van der Waals surface area contributed by atoms with E-state index in [2.05, 4.69) is 231 Å². The number of nitrogens with zero attached hydrogens (tertiary/aromatic N) is 1. The zero-order valence-electron chi connectivity index (χ0n) is 29.7. The van der Waals surface area contributed by atoms with E-state index in [1.807, 2.05) is 0 Å². The average Bonchev–Trinajstić information content (AvgIpc) is 3.22. The van der Waals surface area contributed by atoms with Gasteiger partial charge in [0.2, 0.25) is 0 Å². The molecule has 0 aliphatic carbocycles. The molecule has 52 heavy (non-hydrogen) atoms. The summed E-state index contributed by atoms with van der Waals surface area (Å²) in [4.78, 5) is 2.32. The minimum Gasteiger partial charge on any atom is -0.0572 e. The Kier molecular flexibility index (Phi) is 9.44. The van der Waals surface area contributed by atoms with E-state index in [4.69, 9.17) is 0 Å². The normalized spacial score (nSPS) is 11.3. The van der Waals surface area contributed by atoms with Crippen molar-refractivity contribution in [1.82, 2.24) is 0 Å². The number of anilines is 3. The van der Waals surface area contributed by atoms with Crippen molar-refractivity contribution in [3.8, 4) is 22.3 Å². The first kappa shape index (κ1) is 33.3. The van der Waals surface area contributed by atoms with E-state index in [0.29, 0.717) is 0 Å². The molecule has 0 bridgehead atoms. The van der Waals surface area contributed by atoms with Crippen molar-refractivity contribution < 1.29 is 0 Å². The van der Waals surface area contributed by atoms with Crippen molar-refractivity contribution >= 4 is 47.9 Å². The van der Waals surface area contributed by atoms with Gasteiger partial charge < -0.3 is 4.90 Å². The van der Waals surface area contributed by atoms with E-state index in [0.717, 1.165) is 17.1 Å². The van der Waals surface area contributed by atoms with E-state index in [1.165, 1.54) is 51.0 Å². The Balaban J connectivity index is 1.10. The topological polar surface area (TPSA) is 3.24 Å². The summed E-state index contributed by atoms with van der Waals surface area (Å²) in [5, 5.41) is 0. The zero-order chi connectivity index (χ0) is 35.3.